The minimum Gasteiger partial charge on any atom is -0.496 e. The zero-order valence-corrected chi connectivity index (χ0v) is 11.4. The zero-order valence-electron chi connectivity index (χ0n) is 10.6. The standard InChI is InChI=1S/C14H16ClN3O/c1-19-14-3-2-11(15)9-12(14)13(18-16)8-10-4-6-17-7-5-10/h2-7,9,13,18H,8,16H2,1H3. The van der Waals surface area contributed by atoms with E-state index in [1.54, 1.807) is 25.6 Å². The molecule has 3 N–H and O–H groups in total. The number of ether oxygens (including phenoxy) is 1. The molecule has 0 aliphatic heterocycles. The molecule has 0 spiro atoms. The van der Waals surface area contributed by atoms with E-state index < -0.39 is 0 Å². The molecule has 1 aromatic carbocycles. The highest BCUT2D eigenvalue weighted by molar-refractivity contribution is 6.30. The number of hydrogen-bond donors (Lipinski definition) is 2. The lowest BCUT2D eigenvalue weighted by molar-refractivity contribution is 0.399. The molecule has 100 valence electrons. The molecule has 1 unspecified atom stereocenters. The monoisotopic (exact) mass is 277 g/mol. The Labute approximate surface area is 117 Å². The van der Waals surface area contributed by atoms with E-state index in [4.69, 9.17) is 22.2 Å². The molecule has 5 heteroatoms. The van der Waals surface area contributed by atoms with Crippen LogP contribution in [0.25, 0.3) is 0 Å². The Hall–Kier alpha value is -1.62. The summed E-state index contributed by atoms with van der Waals surface area (Å²) >= 11 is 6.04. The van der Waals surface area contributed by atoms with Crippen LogP contribution in [0.3, 0.4) is 0 Å². The van der Waals surface area contributed by atoms with Gasteiger partial charge in [0.15, 0.2) is 0 Å². The SMILES string of the molecule is COc1ccc(Cl)cc1C(Cc1ccncc1)NN. The van der Waals surface area contributed by atoms with E-state index in [2.05, 4.69) is 10.4 Å². The minimum absolute atomic E-state index is 0.0731. The third-order valence-corrected chi connectivity index (χ3v) is 3.19. The Morgan fingerprint density at radius 3 is 2.68 bits per heavy atom. The van der Waals surface area contributed by atoms with E-state index in [9.17, 15) is 0 Å². The summed E-state index contributed by atoms with van der Waals surface area (Å²) in [7, 11) is 1.63. The van der Waals surface area contributed by atoms with Gasteiger partial charge in [0, 0.05) is 23.0 Å². The zero-order chi connectivity index (χ0) is 13.7. The normalized spacial score (nSPS) is 12.2. The lowest BCUT2D eigenvalue weighted by atomic mass is 9.99. The second kappa shape index (κ2) is 6.52. The number of hydrogen-bond acceptors (Lipinski definition) is 4. The van der Waals surface area contributed by atoms with Crippen LogP contribution in [0.1, 0.15) is 17.2 Å². The maximum atomic E-state index is 6.04. The lowest BCUT2D eigenvalue weighted by Crippen LogP contribution is -2.30. The highest BCUT2D eigenvalue weighted by atomic mass is 35.5. The average molecular weight is 278 g/mol. The van der Waals surface area contributed by atoms with Crippen LogP contribution < -0.4 is 16.0 Å². The maximum Gasteiger partial charge on any atom is 0.123 e. The van der Waals surface area contributed by atoms with Crippen molar-refractivity contribution in [1.82, 2.24) is 10.4 Å². The van der Waals surface area contributed by atoms with Crippen molar-refractivity contribution in [3.05, 3.63) is 58.9 Å². The molecule has 1 heterocycles. The van der Waals surface area contributed by atoms with Crippen LogP contribution in [0.4, 0.5) is 0 Å². The number of nitrogens with two attached hydrogens (primary N) is 1. The van der Waals surface area contributed by atoms with Gasteiger partial charge < -0.3 is 4.74 Å². The van der Waals surface area contributed by atoms with Gasteiger partial charge in [0.1, 0.15) is 5.75 Å². The number of benzene rings is 1. The van der Waals surface area contributed by atoms with Gasteiger partial charge in [-0.3, -0.25) is 16.3 Å². The summed E-state index contributed by atoms with van der Waals surface area (Å²) in [5.41, 5.74) is 4.89. The Balaban J connectivity index is 2.29. The highest BCUT2D eigenvalue weighted by Crippen LogP contribution is 2.29. The molecular formula is C14H16ClN3O. The molecule has 2 aromatic rings. The summed E-state index contributed by atoms with van der Waals surface area (Å²) in [6.07, 6.45) is 4.26. The first-order valence-electron chi connectivity index (χ1n) is 5.93. The van der Waals surface area contributed by atoms with Crippen LogP contribution in [0.5, 0.6) is 5.75 Å². The molecule has 0 aliphatic carbocycles. The fourth-order valence-electron chi connectivity index (χ4n) is 1.99. The van der Waals surface area contributed by atoms with E-state index in [0.717, 1.165) is 23.3 Å². The van der Waals surface area contributed by atoms with E-state index in [0.29, 0.717) is 5.02 Å². The Morgan fingerprint density at radius 2 is 2.05 bits per heavy atom. The molecule has 0 bridgehead atoms. The molecule has 0 saturated heterocycles. The van der Waals surface area contributed by atoms with Gasteiger partial charge in [-0.15, -0.1) is 0 Å². The van der Waals surface area contributed by atoms with Gasteiger partial charge in [-0.1, -0.05) is 11.6 Å². The number of nitrogens with one attached hydrogen (secondary N) is 1. The first-order chi connectivity index (χ1) is 9.24. The second-order valence-electron chi connectivity index (χ2n) is 4.17. The molecule has 0 fully saturated rings. The number of hydrazine groups is 1. The Morgan fingerprint density at radius 1 is 1.32 bits per heavy atom. The Bertz CT molecular complexity index is 533. The number of rotatable bonds is 5. The number of halogens is 1. The van der Waals surface area contributed by atoms with Crippen LogP contribution in [-0.4, -0.2) is 12.1 Å². The predicted octanol–water partition coefficient (Wildman–Crippen LogP) is 2.49. The summed E-state index contributed by atoms with van der Waals surface area (Å²) in [4.78, 5) is 4.00. The first kappa shape index (κ1) is 13.8. The third-order valence-electron chi connectivity index (χ3n) is 2.96. The molecule has 1 aromatic heterocycles. The lowest BCUT2D eigenvalue weighted by Gasteiger charge is -2.19. The minimum atomic E-state index is -0.0731. The molecule has 0 saturated carbocycles. The quantitative estimate of drug-likeness (QED) is 0.651. The van der Waals surface area contributed by atoms with E-state index in [1.165, 1.54) is 0 Å². The van der Waals surface area contributed by atoms with Gasteiger partial charge in [-0.2, -0.15) is 0 Å². The van der Waals surface area contributed by atoms with Crippen molar-refractivity contribution >= 4 is 11.6 Å². The fourth-order valence-corrected chi connectivity index (χ4v) is 2.17. The van der Waals surface area contributed by atoms with Crippen molar-refractivity contribution in [2.24, 2.45) is 5.84 Å². The van der Waals surface area contributed by atoms with Crippen LogP contribution >= 0.6 is 11.6 Å². The molecule has 4 nitrogen and oxygen atoms in total. The molecular weight excluding hydrogens is 262 g/mol. The van der Waals surface area contributed by atoms with Gasteiger partial charge in [-0.25, -0.2) is 0 Å². The smallest absolute Gasteiger partial charge is 0.123 e. The van der Waals surface area contributed by atoms with Crippen LogP contribution in [0, 0.1) is 0 Å². The van der Waals surface area contributed by atoms with Crippen molar-refractivity contribution in [2.45, 2.75) is 12.5 Å². The fraction of sp³-hybridized carbons (Fsp3) is 0.214. The van der Waals surface area contributed by atoms with Crippen molar-refractivity contribution in [2.75, 3.05) is 7.11 Å². The molecule has 0 aliphatic rings. The van der Waals surface area contributed by atoms with Gasteiger partial charge in [0.25, 0.3) is 0 Å². The van der Waals surface area contributed by atoms with Crippen LogP contribution in [0.15, 0.2) is 42.7 Å². The highest BCUT2D eigenvalue weighted by Gasteiger charge is 2.16. The van der Waals surface area contributed by atoms with Crippen molar-refractivity contribution in [3.63, 3.8) is 0 Å². The topological polar surface area (TPSA) is 60.2 Å². The maximum absolute atomic E-state index is 6.04. The van der Waals surface area contributed by atoms with Crippen LogP contribution in [-0.2, 0) is 6.42 Å². The predicted molar refractivity (Wildman–Crippen MR) is 76.0 cm³/mol. The number of methoxy groups -OCH3 is 1. The second-order valence-corrected chi connectivity index (χ2v) is 4.60. The molecule has 1 atom stereocenters. The first-order valence-corrected chi connectivity index (χ1v) is 6.31. The molecule has 0 amide bonds. The van der Waals surface area contributed by atoms with Crippen molar-refractivity contribution in [1.29, 1.82) is 0 Å². The average Bonchev–Trinajstić information content (AvgIpc) is 2.46. The third kappa shape index (κ3) is 3.44. The van der Waals surface area contributed by atoms with Crippen LogP contribution in [0.2, 0.25) is 5.02 Å². The Kier molecular flexibility index (Phi) is 4.74. The molecule has 0 radical (unpaired) electrons. The van der Waals surface area contributed by atoms with E-state index in [1.807, 2.05) is 24.3 Å². The number of pyridine rings is 1. The molecule has 19 heavy (non-hydrogen) atoms. The summed E-state index contributed by atoms with van der Waals surface area (Å²) < 4.78 is 5.35. The van der Waals surface area contributed by atoms with E-state index in [-0.39, 0.29) is 6.04 Å². The summed E-state index contributed by atoms with van der Waals surface area (Å²) in [5.74, 6) is 6.43. The molecule has 2 rings (SSSR count). The number of nitrogens with zero attached hydrogens (tertiary/aromatic N) is 1. The van der Waals surface area contributed by atoms with Gasteiger partial charge >= 0.3 is 0 Å². The van der Waals surface area contributed by atoms with Crippen molar-refractivity contribution in [3.8, 4) is 5.75 Å². The van der Waals surface area contributed by atoms with E-state index >= 15 is 0 Å². The van der Waals surface area contributed by atoms with Crippen molar-refractivity contribution < 1.29 is 4.74 Å². The van der Waals surface area contributed by atoms with Gasteiger partial charge in [0.2, 0.25) is 0 Å². The summed E-state index contributed by atoms with van der Waals surface area (Å²) in [5, 5.41) is 0.658. The van der Waals surface area contributed by atoms with Gasteiger partial charge in [0.05, 0.1) is 13.2 Å². The summed E-state index contributed by atoms with van der Waals surface area (Å²) in [6, 6.07) is 9.35. The summed E-state index contributed by atoms with van der Waals surface area (Å²) in [6.45, 7) is 0. The largest absolute Gasteiger partial charge is 0.496 e. The van der Waals surface area contributed by atoms with Gasteiger partial charge in [-0.05, 0) is 42.3 Å². The number of aromatic nitrogens is 1.